The standard InChI is InChI=1S/C29H36N6O3/c1-31-25-24(26(37)32(2)28(31)38)35(18-23(36)22-6-4-3-5-7-22)27(30-25)33-8-10-34(11-9-33)29-15-19-12-20(16-29)14-21(13-19)17-29/h3-7,19-21H,8-18H2,1-2H3. The molecule has 4 aliphatic carbocycles. The van der Waals surface area contributed by atoms with Gasteiger partial charge in [0.25, 0.3) is 5.56 Å². The van der Waals surface area contributed by atoms with Crippen LogP contribution >= 0.6 is 0 Å². The SMILES string of the molecule is Cn1c(=O)c2c(nc(N3CCN(C45CC6CC(CC(C6)C4)C5)CC3)n2CC(=O)c2ccccc2)n(C)c1=O. The Kier molecular flexibility index (Phi) is 5.44. The first kappa shape index (κ1) is 23.9. The van der Waals surface area contributed by atoms with E-state index >= 15 is 0 Å². The molecule has 1 aliphatic heterocycles. The van der Waals surface area contributed by atoms with Crippen LogP contribution < -0.4 is 16.1 Å². The van der Waals surface area contributed by atoms with E-state index in [9.17, 15) is 14.4 Å². The van der Waals surface area contributed by atoms with Gasteiger partial charge in [0.15, 0.2) is 16.9 Å². The smallest absolute Gasteiger partial charge is 0.332 e. The van der Waals surface area contributed by atoms with Crippen molar-refractivity contribution >= 4 is 22.9 Å². The number of rotatable bonds is 5. The molecule has 4 bridgehead atoms. The Balaban J connectivity index is 1.22. The summed E-state index contributed by atoms with van der Waals surface area (Å²) in [7, 11) is 3.11. The predicted molar refractivity (Wildman–Crippen MR) is 146 cm³/mol. The van der Waals surface area contributed by atoms with Gasteiger partial charge in [-0.1, -0.05) is 30.3 Å². The lowest BCUT2D eigenvalue weighted by atomic mass is 9.52. The molecule has 2 aromatic heterocycles. The molecule has 4 saturated carbocycles. The summed E-state index contributed by atoms with van der Waals surface area (Å²) < 4.78 is 4.25. The van der Waals surface area contributed by atoms with Crippen molar-refractivity contribution in [1.82, 2.24) is 23.6 Å². The molecule has 0 amide bonds. The van der Waals surface area contributed by atoms with Gasteiger partial charge < -0.3 is 4.90 Å². The molecule has 8 rings (SSSR count). The van der Waals surface area contributed by atoms with Crippen LogP contribution in [0.3, 0.4) is 0 Å². The van der Waals surface area contributed by atoms with E-state index in [1.807, 2.05) is 18.2 Å². The average Bonchev–Trinajstić information content (AvgIpc) is 3.29. The van der Waals surface area contributed by atoms with Gasteiger partial charge in [-0.2, -0.15) is 4.98 Å². The Labute approximate surface area is 221 Å². The Morgan fingerprint density at radius 1 is 0.895 bits per heavy atom. The van der Waals surface area contributed by atoms with E-state index in [1.165, 1.54) is 50.1 Å². The van der Waals surface area contributed by atoms with Crippen molar-refractivity contribution in [2.75, 3.05) is 31.1 Å². The monoisotopic (exact) mass is 516 g/mol. The fourth-order valence-electron chi connectivity index (χ4n) is 8.52. The molecule has 0 unspecified atom stereocenters. The molecule has 1 saturated heterocycles. The zero-order valence-electron chi connectivity index (χ0n) is 22.3. The van der Waals surface area contributed by atoms with E-state index in [0.717, 1.165) is 48.5 Å². The number of benzene rings is 1. The van der Waals surface area contributed by atoms with Crippen molar-refractivity contribution in [3.63, 3.8) is 0 Å². The molecule has 0 spiro atoms. The molecular formula is C29H36N6O3. The highest BCUT2D eigenvalue weighted by molar-refractivity contribution is 5.97. The molecule has 3 aromatic rings. The number of hydrogen-bond donors (Lipinski definition) is 0. The Hall–Kier alpha value is -3.20. The van der Waals surface area contributed by atoms with Crippen molar-refractivity contribution in [2.24, 2.45) is 31.8 Å². The number of piperazine rings is 1. The number of carbonyl (C=O) groups excluding carboxylic acids is 1. The van der Waals surface area contributed by atoms with Gasteiger partial charge in [0.2, 0.25) is 5.95 Å². The molecule has 1 aromatic carbocycles. The third kappa shape index (κ3) is 3.61. The van der Waals surface area contributed by atoms with Gasteiger partial charge in [0.1, 0.15) is 0 Å². The highest BCUT2D eigenvalue weighted by atomic mass is 16.2. The maximum Gasteiger partial charge on any atom is 0.332 e. The summed E-state index contributed by atoms with van der Waals surface area (Å²) in [6, 6.07) is 9.14. The number of aromatic nitrogens is 4. The highest BCUT2D eigenvalue weighted by Gasteiger charge is 2.53. The molecular weight excluding hydrogens is 480 g/mol. The minimum Gasteiger partial charge on any atom is -0.340 e. The number of anilines is 1. The lowest BCUT2D eigenvalue weighted by molar-refractivity contribution is -0.0902. The van der Waals surface area contributed by atoms with Crippen LogP contribution in [0.2, 0.25) is 0 Å². The quantitative estimate of drug-likeness (QED) is 0.484. The number of ketones is 1. The van der Waals surface area contributed by atoms with E-state index in [2.05, 4.69) is 9.80 Å². The number of hydrogen-bond acceptors (Lipinski definition) is 6. The number of imidazole rings is 1. The fraction of sp³-hybridized carbons (Fsp3) is 0.586. The topological polar surface area (TPSA) is 85.4 Å². The van der Waals surface area contributed by atoms with E-state index < -0.39 is 11.2 Å². The number of fused-ring (bicyclic) bond motifs is 1. The summed E-state index contributed by atoms with van der Waals surface area (Å²) in [6.07, 6.45) is 8.36. The molecule has 9 heteroatoms. The van der Waals surface area contributed by atoms with Crippen molar-refractivity contribution in [3.8, 4) is 0 Å². The highest BCUT2D eigenvalue weighted by Crippen LogP contribution is 2.57. The molecule has 38 heavy (non-hydrogen) atoms. The maximum absolute atomic E-state index is 13.3. The van der Waals surface area contributed by atoms with Crippen LogP contribution in [0.4, 0.5) is 5.95 Å². The van der Waals surface area contributed by atoms with Gasteiger partial charge in [0.05, 0.1) is 6.54 Å². The molecule has 0 N–H and O–H groups in total. The zero-order chi connectivity index (χ0) is 26.2. The van der Waals surface area contributed by atoms with Crippen LogP contribution in [0.15, 0.2) is 39.9 Å². The summed E-state index contributed by atoms with van der Waals surface area (Å²) >= 11 is 0. The predicted octanol–water partition coefficient (Wildman–Crippen LogP) is 2.41. The van der Waals surface area contributed by atoms with Crippen LogP contribution in [0.5, 0.6) is 0 Å². The average molecular weight is 517 g/mol. The van der Waals surface area contributed by atoms with Gasteiger partial charge in [0, 0.05) is 51.4 Å². The summed E-state index contributed by atoms with van der Waals surface area (Å²) in [5, 5.41) is 0. The second-order valence-electron chi connectivity index (χ2n) is 12.3. The Bertz CT molecular complexity index is 1490. The third-order valence-corrected chi connectivity index (χ3v) is 9.96. The van der Waals surface area contributed by atoms with Crippen molar-refractivity contribution in [1.29, 1.82) is 0 Å². The van der Waals surface area contributed by atoms with E-state index in [4.69, 9.17) is 4.98 Å². The molecule has 0 radical (unpaired) electrons. The molecule has 0 atom stereocenters. The molecule has 5 aliphatic rings. The number of Topliss-reactive ketones (excluding diaryl/α,β-unsaturated/α-hetero) is 1. The van der Waals surface area contributed by atoms with E-state index in [0.29, 0.717) is 28.2 Å². The Morgan fingerprint density at radius 3 is 2.11 bits per heavy atom. The van der Waals surface area contributed by atoms with Gasteiger partial charge in [-0.15, -0.1) is 0 Å². The molecule has 5 fully saturated rings. The molecule has 9 nitrogen and oxygen atoms in total. The first-order chi connectivity index (χ1) is 18.3. The summed E-state index contributed by atoms with van der Waals surface area (Å²) in [4.78, 5) is 49.1. The van der Waals surface area contributed by atoms with Gasteiger partial charge in [-0.25, -0.2) is 4.79 Å². The fourth-order valence-corrected chi connectivity index (χ4v) is 8.52. The van der Waals surface area contributed by atoms with Crippen LogP contribution in [0.25, 0.3) is 11.2 Å². The summed E-state index contributed by atoms with van der Waals surface area (Å²) in [5.41, 5.74) is 0.752. The van der Waals surface area contributed by atoms with Crippen molar-refractivity contribution in [2.45, 2.75) is 50.6 Å². The van der Waals surface area contributed by atoms with E-state index in [-0.39, 0.29) is 12.3 Å². The van der Waals surface area contributed by atoms with Crippen LogP contribution in [-0.2, 0) is 20.6 Å². The second-order valence-corrected chi connectivity index (χ2v) is 12.3. The normalized spacial score (nSPS) is 28.9. The van der Waals surface area contributed by atoms with E-state index in [1.54, 1.807) is 23.7 Å². The maximum atomic E-state index is 13.3. The van der Waals surface area contributed by atoms with Crippen molar-refractivity contribution < 1.29 is 4.79 Å². The minimum absolute atomic E-state index is 0.00151. The lowest BCUT2D eigenvalue weighted by Gasteiger charge is -2.61. The first-order valence-corrected chi connectivity index (χ1v) is 14.1. The van der Waals surface area contributed by atoms with Gasteiger partial charge in [-0.05, 0) is 56.3 Å². The van der Waals surface area contributed by atoms with Crippen LogP contribution in [0.1, 0.15) is 48.9 Å². The summed E-state index contributed by atoms with van der Waals surface area (Å²) in [6.45, 7) is 3.49. The van der Waals surface area contributed by atoms with Crippen LogP contribution in [0, 0.1) is 17.8 Å². The zero-order valence-corrected chi connectivity index (χ0v) is 22.3. The number of carbonyl (C=O) groups is 1. The van der Waals surface area contributed by atoms with Crippen LogP contribution in [-0.4, -0.2) is 61.1 Å². The first-order valence-electron chi connectivity index (χ1n) is 14.1. The molecule has 3 heterocycles. The third-order valence-electron chi connectivity index (χ3n) is 9.96. The Morgan fingerprint density at radius 2 is 1.50 bits per heavy atom. The minimum atomic E-state index is -0.421. The largest absolute Gasteiger partial charge is 0.340 e. The number of nitrogens with zero attached hydrogens (tertiary/aromatic N) is 6. The second kappa shape index (κ2) is 8.66. The number of aryl methyl sites for hydroxylation is 1. The van der Waals surface area contributed by atoms with Crippen molar-refractivity contribution in [3.05, 3.63) is 56.7 Å². The molecule has 200 valence electrons. The summed E-state index contributed by atoms with van der Waals surface area (Å²) in [5.74, 6) is 3.24. The van der Waals surface area contributed by atoms with Gasteiger partial charge >= 0.3 is 5.69 Å². The van der Waals surface area contributed by atoms with Gasteiger partial charge in [-0.3, -0.25) is 28.2 Å². The lowest BCUT2D eigenvalue weighted by Crippen LogP contribution is -2.64.